The van der Waals surface area contributed by atoms with Crippen LogP contribution >= 0.6 is 0 Å². The molecule has 3 nitrogen and oxygen atoms in total. The maximum absolute atomic E-state index is 11.6. The molecule has 1 aliphatic rings. The fourth-order valence-corrected chi connectivity index (χ4v) is 1.92. The van der Waals surface area contributed by atoms with E-state index in [0.717, 1.165) is 12.0 Å². The molecule has 74 valence electrons. The zero-order chi connectivity index (χ0) is 10.3. The minimum absolute atomic E-state index is 0.0500. The van der Waals surface area contributed by atoms with Crippen molar-refractivity contribution in [2.45, 2.75) is 19.8 Å². The molecule has 14 heavy (non-hydrogen) atoms. The second kappa shape index (κ2) is 3.01. The lowest BCUT2D eigenvalue weighted by atomic mass is 9.84. The number of benzene rings is 1. The van der Waals surface area contributed by atoms with Crippen molar-refractivity contribution in [3.63, 3.8) is 0 Å². The Balaban J connectivity index is 2.55. The van der Waals surface area contributed by atoms with Crippen molar-refractivity contribution in [3.05, 3.63) is 23.3 Å². The van der Waals surface area contributed by atoms with Crippen LogP contribution in [0.2, 0.25) is 0 Å². The first-order valence-corrected chi connectivity index (χ1v) is 4.66. The van der Waals surface area contributed by atoms with Crippen molar-refractivity contribution >= 4 is 5.78 Å². The third-order valence-electron chi connectivity index (χ3n) is 2.60. The summed E-state index contributed by atoms with van der Waals surface area (Å²) in [5.74, 6) is 0.00490. The minimum atomic E-state index is -0.216. The first kappa shape index (κ1) is 9.06. The van der Waals surface area contributed by atoms with Gasteiger partial charge in [0.15, 0.2) is 17.3 Å². The van der Waals surface area contributed by atoms with E-state index in [-0.39, 0.29) is 17.3 Å². The molecule has 1 unspecified atom stereocenters. The van der Waals surface area contributed by atoms with E-state index in [1.807, 2.05) is 6.92 Å². The monoisotopic (exact) mass is 192 g/mol. The van der Waals surface area contributed by atoms with Crippen molar-refractivity contribution < 1.29 is 15.0 Å². The summed E-state index contributed by atoms with van der Waals surface area (Å²) in [6.07, 6.45) is 1.31. The van der Waals surface area contributed by atoms with Gasteiger partial charge in [-0.15, -0.1) is 0 Å². The van der Waals surface area contributed by atoms with E-state index in [1.165, 1.54) is 12.1 Å². The number of carbonyl (C=O) groups is 1. The SMILES string of the molecule is CC1CC(=O)c2cc(O)c(O)cc2C1. The zero-order valence-electron chi connectivity index (χ0n) is 7.95. The van der Waals surface area contributed by atoms with E-state index in [1.54, 1.807) is 0 Å². The van der Waals surface area contributed by atoms with Crippen LogP contribution in [-0.2, 0) is 6.42 Å². The van der Waals surface area contributed by atoms with Crippen molar-refractivity contribution in [1.82, 2.24) is 0 Å². The van der Waals surface area contributed by atoms with Gasteiger partial charge in [0.05, 0.1) is 0 Å². The molecule has 0 radical (unpaired) electrons. The van der Waals surface area contributed by atoms with Gasteiger partial charge in [-0.05, 0) is 30.0 Å². The first-order chi connectivity index (χ1) is 6.58. The largest absolute Gasteiger partial charge is 0.504 e. The molecule has 2 N–H and O–H groups in total. The average Bonchev–Trinajstić information content (AvgIpc) is 2.08. The smallest absolute Gasteiger partial charge is 0.163 e. The van der Waals surface area contributed by atoms with E-state index in [9.17, 15) is 15.0 Å². The Labute approximate surface area is 82.0 Å². The number of ketones is 1. The van der Waals surface area contributed by atoms with Crippen LogP contribution in [0.15, 0.2) is 12.1 Å². The second-order valence-corrected chi connectivity index (χ2v) is 3.93. The first-order valence-electron chi connectivity index (χ1n) is 4.66. The Morgan fingerprint density at radius 2 is 1.86 bits per heavy atom. The Morgan fingerprint density at radius 3 is 2.57 bits per heavy atom. The summed E-state index contributed by atoms with van der Waals surface area (Å²) in [6, 6.07) is 2.84. The van der Waals surface area contributed by atoms with Crippen molar-refractivity contribution in [3.8, 4) is 11.5 Å². The summed E-state index contributed by atoms with van der Waals surface area (Å²) in [5, 5.41) is 18.5. The molecule has 1 atom stereocenters. The molecule has 0 aromatic heterocycles. The van der Waals surface area contributed by atoms with Crippen molar-refractivity contribution in [2.75, 3.05) is 0 Å². The van der Waals surface area contributed by atoms with Gasteiger partial charge in [-0.1, -0.05) is 6.92 Å². The van der Waals surface area contributed by atoms with Crippen LogP contribution in [0, 0.1) is 5.92 Å². The molecule has 0 saturated heterocycles. The maximum Gasteiger partial charge on any atom is 0.163 e. The van der Waals surface area contributed by atoms with E-state index >= 15 is 0 Å². The Bertz CT molecular complexity index is 396. The van der Waals surface area contributed by atoms with E-state index < -0.39 is 0 Å². The molecule has 0 fully saturated rings. The summed E-state index contributed by atoms with van der Waals surface area (Å²) in [4.78, 5) is 11.6. The maximum atomic E-state index is 11.6. The fourth-order valence-electron chi connectivity index (χ4n) is 1.92. The molecule has 1 aromatic rings. The molecule has 2 rings (SSSR count). The van der Waals surface area contributed by atoms with Crippen molar-refractivity contribution in [2.24, 2.45) is 5.92 Å². The molecule has 0 saturated carbocycles. The summed E-state index contributed by atoms with van der Waals surface area (Å²) in [7, 11) is 0. The van der Waals surface area contributed by atoms with E-state index in [2.05, 4.69) is 0 Å². The van der Waals surface area contributed by atoms with Crippen LogP contribution in [-0.4, -0.2) is 16.0 Å². The number of phenolic OH excluding ortho intramolecular Hbond substituents is 2. The quantitative estimate of drug-likeness (QED) is 0.617. The number of hydrogen-bond acceptors (Lipinski definition) is 3. The van der Waals surface area contributed by atoms with Crippen LogP contribution in [0.3, 0.4) is 0 Å². The van der Waals surface area contributed by atoms with Gasteiger partial charge >= 0.3 is 0 Å². The number of rotatable bonds is 0. The zero-order valence-corrected chi connectivity index (χ0v) is 7.95. The summed E-state index contributed by atoms with van der Waals surface area (Å²) in [5.41, 5.74) is 1.39. The molecule has 0 bridgehead atoms. The Hall–Kier alpha value is -1.51. The lowest BCUT2D eigenvalue weighted by Crippen LogP contribution is -2.17. The highest BCUT2D eigenvalue weighted by molar-refractivity contribution is 5.99. The highest BCUT2D eigenvalue weighted by Gasteiger charge is 2.23. The normalized spacial score (nSPS) is 20.6. The van der Waals surface area contributed by atoms with Crippen LogP contribution in [0.5, 0.6) is 11.5 Å². The van der Waals surface area contributed by atoms with Crippen molar-refractivity contribution in [1.29, 1.82) is 0 Å². The van der Waals surface area contributed by atoms with Crippen LogP contribution < -0.4 is 0 Å². The molecule has 1 aromatic carbocycles. The average molecular weight is 192 g/mol. The highest BCUT2D eigenvalue weighted by atomic mass is 16.3. The number of aromatic hydroxyl groups is 2. The third kappa shape index (κ3) is 1.35. The summed E-state index contributed by atoms with van der Waals surface area (Å²) >= 11 is 0. The van der Waals surface area contributed by atoms with Gasteiger partial charge in [0.1, 0.15) is 0 Å². The van der Waals surface area contributed by atoms with E-state index in [0.29, 0.717) is 17.9 Å². The predicted molar refractivity (Wildman–Crippen MR) is 51.6 cm³/mol. The lowest BCUT2D eigenvalue weighted by Gasteiger charge is -2.20. The van der Waals surface area contributed by atoms with Gasteiger partial charge in [0.25, 0.3) is 0 Å². The number of Topliss-reactive ketones (excluding diaryl/α,β-unsaturated/α-hetero) is 1. The highest BCUT2D eigenvalue weighted by Crippen LogP contribution is 2.33. The topological polar surface area (TPSA) is 57.5 Å². The predicted octanol–water partition coefficient (Wildman–Crippen LogP) is 1.86. The number of phenols is 2. The molecule has 3 heteroatoms. The molecular weight excluding hydrogens is 180 g/mol. The number of carbonyl (C=O) groups excluding carboxylic acids is 1. The van der Waals surface area contributed by atoms with Gasteiger partial charge in [-0.25, -0.2) is 0 Å². The molecule has 0 aliphatic heterocycles. The third-order valence-corrected chi connectivity index (χ3v) is 2.60. The molecule has 0 spiro atoms. The molecule has 0 heterocycles. The summed E-state index contributed by atoms with van der Waals surface area (Å²) in [6.45, 7) is 2.00. The van der Waals surface area contributed by atoms with Crippen LogP contribution in [0.25, 0.3) is 0 Å². The van der Waals surface area contributed by atoms with Gasteiger partial charge in [0.2, 0.25) is 0 Å². The Morgan fingerprint density at radius 1 is 1.21 bits per heavy atom. The molecule has 1 aliphatic carbocycles. The van der Waals surface area contributed by atoms with Gasteiger partial charge in [-0.2, -0.15) is 0 Å². The molecule has 0 amide bonds. The Kier molecular flexibility index (Phi) is 1.95. The number of fused-ring (bicyclic) bond motifs is 1. The molecular formula is C11H12O3. The van der Waals surface area contributed by atoms with Gasteiger partial charge in [0, 0.05) is 12.0 Å². The summed E-state index contributed by atoms with van der Waals surface area (Å²) < 4.78 is 0. The standard InChI is InChI=1S/C11H12O3/c1-6-2-7-4-10(13)11(14)5-8(7)9(12)3-6/h4-6,13-14H,2-3H2,1H3. The lowest BCUT2D eigenvalue weighted by molar-refractivity contribution is 0.0953. The van der Waals surface area contributed by atoms with Gasteiger partial charge in [-0.3, -0.25) is 4.79 Å². The minimum Gasteiger partial charge on any atom is -0.504 e. The van der Waals surface area contributed by atoms with Crippen LogP contribution in [0.4, 0.5) is 0 Å². The number of hydrogen-bond donors (Lipinski definition) is 2. The van der Waals surface area contributed by atoms with E-state index in [4.69, 9.17) is 0 Å². The fraction of sp³-hybridized carbons (Fsp3) is 0.364. The van der Waals surface area contributed by atoms with Gasteiger partial charge < -0.3 is 10.2 Å². The van der Waals surface area contributed by atoms with Crippen LogP contribution in [0.1, 0.15) is 29.3 Å². The second-order valence-electron chi connectivity index (χ2n) is 3.93.